The van der Waals surface area contributed by atoms with Crippen molar-refractivity contribution in [2.45, 2.75) is 129 Å². The zero-order chi connectivity index (χ0) is 37.0. The highest BCUT2D eigenvalue weighted by molar-refractivity contribution is 5.86. The van der Waals surface area contributed by atoms with Crippen LogP contribution in [-0.2, 0) is 38.1 Å². The van der Waals surface area contributed by atoms with Gasteiger partial charge < -0.3 is 28.4 Å². The molecule has 4 rings (SSSR count). The predicted octanol–water partition coefficient (Wildman–Crippen LogP) is 9.47. The van der Waals surface area contributed by atoms with E-state index in [1.807, 2.05) is 50.2 Å². The van der Waals surface area contributed by atoms with Gasteiger partial charge in [0.2, 0.25) is 0 Å². The topological polar surface area (TPSA) is 107 Å². The summed E-state index contributed by atoms with van der Waals surface area (Å²) >= 11 is 0. The van der Waals surface area contributed by atoms with E-state index in [1.165, 1.54) is 57.4 Å². The van der Waals surface area contributed by atoms with E-state index in [4.69, 9.17) is 28.4 Å². The third kappa shape index (κ3) is 13.7. The number of unbranched alkanes of at least 4 members (excludes halogenated alkanes) is 5. The van der Waals surface area contributed by atoms with Crippen molar-refractivity contribution in [3.05, 3.63) is 66.7 Å². The van der Waals surface area contributed by atoms with Gasteiger partial charge >= 0.3 is 17.9 Å². The molecule has 9 nitrogen and oxygen atoms in total. The molecule has 0 radical (unpaired) electrons. The van der Waals surface area contributed by atoms with Crippen LogP contribution in [0.1, 0.15) is 122 Å². The van der Waals surface area contributed by atoms with E-state index in [1.54, 1.807) is 0 Å². The summed E-state index contributed by atoms with van der Waals surface area (Å²) in [6.07, 6.45) is 14.7. The van der Waals surface area contributed by atoms with Crippen molar-refractivity contribution in [1.82, 2.24) is 0 Å². The van der Waals surface area contributed by atoms with E-state index < -0.39 is 30.4 Å². The maximum atomic E-state index is 12.8. The van der Waals surface area contributed by atoms with Crippen LogP contribution in [0.15, 0.2) is 61.2 Å². The maximum absolute atomic E-state index is 12.8. The molecule has 1 aliphatic carbocycles. The molecule has 2 fully saturated rings. The number of hydrogen-bond donors (Lipinski definition) is 0. The van der Waals surface area contributed by atoms with Gasteiger partial charge in [0.15, 0.2) is 18.5 Å². The van der Waals surface area contributed by atoms with E-state index in [0.717, 1.165) is 80.3 Å². The number of hydrogen-bond acceptors (Lipinski definition) is 9. The molecule has 0 unspecified atom stereocenters. The molecule has 9 heteroatoms. The summed E-state index contributed by atoms with van der Waals surface area (Å²) in [7, 11) is 0. The van der Waals surface area contributed by atoms with Crippen LogP contribution < -0.4 is 4.74 Å². The zero-order valence-corrected chi connectivity index (χ0v) is 31.4. The van der Waals surface area contributed by atoms with Crippen LogP contribution in [0, 0.1) is 11.8 Å². The molecule has 286 valence electrons. The fourth-order valence-electron chi connectivity index (χ4n) is 6.82. The molecule has 0 spiro atoms. The molecule has 1 heterocycles. The van der Waals surface area contributed by atoms with Crippen molar-refractivity contribution in [2.24, 2.45) is 11.8 Å². The van der Waals surface area contributed by atoms with Crippen LogP contribution >= 0.6 is 0 Å². The van der Waals surface area contributed by atoms with Crippen molar-refractivity contribution in [2.75, 3.05) is 26.4 Å². The predicted molar refractivity (Wildman–Crippen MR) is 201 cm³/mol. The minimum Gasteiger partial charge on any atom is -0.494 e. The van der Waals surface area contributed by atoms with E-state index in [9.17, 15) is 14.4 Å². The third-order valence-corrected chi connectivity index (χ3v) is 10.0. The van der Waals surface area contributed by atoms with E-state index in [-0.39, 0.29) is 19.2 Å². The van der Waals surface area contributed by atoms with Gasteiger partial charge in [0, 0.05) is 11.6 Å². The smallest absolute Gasteiger partial charge is 0.338 e. The average molecular weight is 721 g/mol. The summed E-state index contributed by atoms with van der Waals surface area (Å²) in [5.41, 5.74) is 2.76. The Morgan fingerprint density at radius 1 is 0.635 bits per heavy atom. The molecule has 0 bridgehead atoms. The van der Waals surface area contributed by atoms with Gasteiger partial charge in [0.1, 0.15) is 5.75 Å². The quantitative estimate of drug-likeness (QED) is 0.0480. The van der Waals surface area contributed by atoms with Gasteiger partial charge in [-0.2, -0.15) is 0 Å². The summed E-state index contributed by atoms with van der Waals surface area (Å²) in [6, 6.07) is 15.8. The van der Waals surface area contributed by atoms with Gasteiger partial charge in [0.25, 0.3) is 0 Å². The highest BCUT2D eigenvalue weighted by atomic mass is 16.8. The Hall–Kier alpha value is -3.69. The number of rotatable bonds is 23. The Balaban J connectivity index is 1.15. The Morgan fingerprint density at radius 3 is 1.67 bits per heavy atom. The van der Waals surface area contributed by atoms with Gasteiger partial charge in [0.05, 0.1) is 26.4 Å². The minimum absolute atomic E-state index is 0.264. The van der Waals surface area contributed by atoms with Crippen molar-refractivity contribution >= 4 is 17.9 Å². The number of esters is 3. The molecule has 1 saturated carbocycles. The number of carbonyl (C=O) groups excluding carboxylic acids is 3. The summed E-state index contributed by atoms with van der Waals surface area (Å²) in [5.74, 6) is 0.977. The summed E-state index contributed by atoms with van der Waals surface area (Å²) in [4.78, 5) is 36.7. The van der Waals surface area contributed by atoms with E-state index in [2.05, 4.69) is 18.7 Å². The van der Waals surface area contributed by atoms with Gasteiger partial charge in [-0.1, -0.05) is 121 Å². The van der Waals surface area contributed by atoms with Crippen LogP contribution in [0.5, 0.6) is 5.75 Å². The zero-order valence-electron chi connectivity index (χ0n) is 31.4. The van der Waals surface area contributed by atoms with Crippen LogP contribution in [-0.4, -0.2) is 56.5 Å². The lowest BCUT2D eigenvalue weighted by Crippen LogP contribution is -2.39. The molecule has 0 N–H and O–H groups in total. The van der Waals surface area contributed by atoms with Gasteiger partial charge in [-0.3, -0.25) is 0 Å². The van der Waals surface area contributed by atoms with E-state index >= 15 is 0 Å². The second kappa shape index (κ2) is 23.1. The first-order valence-corrected chi connectivity index (χ1v) is 19.7. The number of ether oxygens (including phenoxy) is 6. The fourth-order valence-corrected chi connectivity index (χ4v) is 6.82. The molecule has 2 aliphatic rings. The highest BCUT2D eigenvalue weighted by Gasteiger charge is 2.47. The van der Waals surface area contributed by atoms with Gasteiger partial charge in [-0.25, -0.2) is 14.4 Å². The SMILES string of the molecule is C=CC(=O)OCCCCCCC1CCC(CCCOc2ccc(-c3ccc(C4O[C@@H](C(=O)OCCCC)[C@H](C(=O)OCCCC)O4)cc3)cc2)CC1. The van der Waals surface area contributed by atoms with Crippen molar-refractivity contribution in [1.29, 1.82) is 0 Å². The second-order valence-electron chi connectivity index (χ2n) is 14.1. The van der Waals surface area contributed by atoms with Crippen LogP contribution in [0.25, 0.3) is 11.1 Å². The molecule has 1 aliphatic heterocycles. The first-order valence-electron chi connectivity index (χ1n) is 19.7. The Kier molecular flexibility index (Phi) is 18.2. The number of benzene rings is 2. The van der Waals surface area contributed by atoms with Crippen molar-refractivity contribution in [3.63, 3.8) is 0 Å². The maximum Gasteiger partial charge on any atom is 0.338 e. The standard InChI is InChI=1S/C43H60O9/c1-4-7-28-49-41(45)39-40(42(46)50-29-8-5-2)52-43(51-39)36-22-20-34(21-23-36)35-24-26-37(27-25-35)47-31-13-15-33-18-16-32(17-19-33)14-11-9-10-12-30-48-38(44)6-3/h6,20-27,32-33,39-40,43H,3-5,7-19,28-31H2,1-2H3/t32?,33?,39-,40-/m1/s1. The molecular formula is C43H60O9. The normalized spacial score (nSPS) is 20.3. The minimum atomic E-state index is -1.18. The summed E-state index contributed by atoms with van der Waals surface area (Å²) in [6.45, 7) is 9.19. The number of carbonyl (C=O) groups is 3. The average Bonchev–Trinajstić information content (AvgIpc) is 3.63. The Morgan fingerprint density at radius 2 is 1.13 bits per heavy atom. The molecule has 0 amide bonds. The second-order valence-corrected chi connectivity index (χ2v) is 14.1. The molecular weight excluding hydrogens is 660 g/mol. The van der Waals surface area contributed by atoms with Crippen LogP contribution in [0.3, 0.4) is 0 Å². The van der Waals surface area contributed by atoms with Crippen molar-refractivity contribution in [3.8, 4) is 16.9 Å². The molecule has 2 atom stereocenters. The third-order valence-electron chi connectivity index (χ3n) is 10.0. The highest BCUT2D eigenvalue weighted by Crippen LogP contribution is 2.36. The first-order chi connectivity index (χ1) is 25.4. The lowest BCUT2D eigenvalue weighted by molar-refractivity contribution is -0.163. The van der Waals surface area contributed by atoms with Crippen LogP contribution in [0.4, 0.5) is 0 Å². The van der Waals surface area contributed by atoms with Gasteiger partial charge in [-0.05, 0) is 67.2 Å². The summed E-state index contributed by atoms with van der Waals surface area (Å²) < 4.78 is 33.7. The molecule has 2 aromatic carbocycles. The molecule has 52 heavy (non-hydrogen) atoms. The molecule has 0 aromatic heterocycles. The molecule has 1 saturated heterocycles. The lowest BCUT2D eigenvalue weighted by Gasteiger charge is -2.28. The summed E-state index contributed by atoms with van der Waals surface area (Å²) in [5, 5.41) is 0. The lowest BCUT2D eigenvalue weighted by atomic mass is 9.78. The first kappa shape index (κ1) is 41.1. The fraction of sp³-hybridized carbons (Fsp3) is 0.605. The van der Waals surface area contributed by atoms with Crippen LogP contribution in [0.2, 0.25) is 0 Å². The largest absolute Gasteiger partial charge is 0.494 e. The monoisotopic (exact) mass is 720 g/mol. The Labute approximate surface area is 310 Å². The Bertz CT molecular complexity index is 1320. The molecule has 2 aromatic rings. The van der Waals surface area contributed by atoms with Gasteiger partial charge in [-0.15, -0.1) is 0 Å². The van der Waals surface area contributed by atoms with Crippen molar-refractivity contribution < 1.29 is 42.8 Å². The van der Waals surface area contributed by atoms with E-state index in [0.29, 0.717) is 12.2 Å².